The van der Waals surface area contributed by atoms with Crippen LogP contribution in [0.2, 0.25) is 0 Å². The Morgan fingerprint density at radius 3 is 3.10 bits per heavy atom. The monoisotopic (exact) mass is 305 g/mol. The summed E-state index contributed by atoms with van der Waals surface area (Å²) in [4.78, 5) is 14.0. The second-order valence-corrected chi connectivity index (χ2v) is 6.46. The number of likely N-dealkylation sites (tertiary alicyclic amines) is 1. The van der Waals surface area contributed by atoms with Crippen LogP contribution in [-0.2, 0) is 17.6 Å². The second kappa shape index (κ2) is 5.99. The number of carbonyl (C=O) groups is 1. The van der Waals surface area contributed by atoms with Crippen molar-refractivity contribution in [2.45, 2.75) is 25.9 Å². The zero-order valence-electron chi connectivity index (χ0n) is 12.0. The molecule has 6 heteroatoms. The molecular formula is C15H19N3O2S. The molecule has 3 heterocycles. The van der Waals surface area contributed by atoms with E-state index in [1.54, 1.807) is 16.2 Å². The predicted molar refractivity (Wildman–Crippen MR) is 81.1 cm³/mol. The van der Waals surface area contributed by atoms with Gasteiger partial charge in [-0.3, -0.25) is 9.89 Å². The number of hydrogen-bond acceptors (Lipinski definition) is 4. The molecule has 1 amide bonds. The van der Waals surface area contributed by atoms with Crippen LogP contribution in [-0.4, -0.2) is 45.3 Å². The maximum absolute atomic E-state index is 12.3. The summed E-state index contributed by atoms with van der Waals surface area (Å²) in [7, 11) is 0. The molecule has 1 aliphatic rings. The van der Waals surface area contributed by atoms with Crippen LogP contribution >= 0.6 is 11.3 Å². The zero-order valence-corrected chi connectivity index (χ0v) is 12.8. The van der Waals surface area contributed by atoms with Gasteiger partial charge in [0.2, 0.25) is 5.91 Å². The number of thiophene rings is 1. The third-order valence-corrected chi connectivity index (χ3v) is 4.66. The Hall–Kier alpha value is -1.66. The van der Waals surface area contributed by atoms with Crippen molar-refractivity contribution < 1.29 is 9.90 Å². The van der Waals surface area contributed by atoms with Crippen LogP contribution in [0.15, 0.2) is 22.9 Å². The quantitative estimate of drug-likeness (QED) is 0.897. The molecule has 0 aliphatic carbocycles. The molecule has 1 saturated heterocycles. The van der Waals surface area contributed by atoms with Crippen molar-refractivity contribution in [2.75, 3.05) is 13.1 Å². The van der Waals surface area contributed by atoms with Crippen LogP contribution < -0.4 is 0 Å². The Morgan fingerprint density at radius 2 is 2.43 bits per heavy atom. The largest absolute Gasteiger partial charge is 0.391 e. The summed E-state index contributed by atoms with van der Waals surface area (Å²) in [5, 5.41) is 21.3. The molecule has 3 rings (SSSR count). The van der Waals surface area contributed by atoms with Gasteiger partial charge in [-0.2, -0.15) is 16.4 Å². The van der Waals surface area contributed by atoms with Crippen LogP contribution in [0.4, 0.5) is 0 Å². The molecule has 0 spiro atoms. The van der Waals surface area contributed by atoms with Crippen molar-refractivity contribution in [2.24, 2.45) is 5.92 Å². The number of aromatic nitrogens is 2. The fraction of sp³-hybridized carbons (Fsp3) is 0.467. The van der Waals surface area contributed by atoms with E-state index in [9.17, 15) is 9.90 Å². The van der Waals surface area contributed by atoms with Gasteiger partial charge in [-0.15, -0.1) is 0 Å². The number of nitrogens with one attached hydrogen (secondary N) is 1. The summed E-state index contributed by atoms with van der Waals surface area (Å²) in [5.41, 5.74) is 3.01. The van der Waals surface area contributed by atoms with Gasteiger partial charge in [0, 0.05) is 24.7 Å². The van der Waals surface area contributed by atoms with Crippen molar-refractivity contribution >= 4 is 17.2 Å². The first-order valence-corrected chi connectivity index (χ1v) is 8.04. The normalized spacial score (nSPS) is 21.9. The maximum atomic E-state index is 12.3. The first-order chi connectivity index (χ1) is 10.1. The molecule has 1 fully saturated rings. The standard InChI is InChI=1S/C15H19N3O2S/c1-10-4-13(17-16-10)6-12-7-18(8-14(12)19)15(20)5-11-2-3-21-9-11/h2-4,9,12,14,19H,5-8H2,1H3,(H,16,17)/t12-,14+/m1/s1. The Kier molecular flexibility index (Phi) is 4.07. The molecule has 21 heavy (non-hydrogen) atoms. The lowest BCUT2D eigenvalue weighted by molar-refractivity contribution is -0.129. The van der Waals surface area contributed by atoms with Gasteiger partial charge in [0.25, 0.3) is 0 Å². The van der Waals surface area contributed by atoms with E-state index in [1.165, 1.54) is 0 Å². The van der Waals surface area contributed by atoms with Crippen LogP contribution in [0.1, 0.15) is 17.0 Å². The van der Waals surface area contributed by atoms with E-state index in [0.29, 0.717) is 25.9 Å². The maximum Gasteiger partial charge on any atom is 0.227 e. The molecule has 2 atom stereocenters. The van der Waals surface area contributed by atoms with Crippen LogP contribution in [0.3, 0.4) is 0 Å². The minimum atomic E-state index is -0.464. The smallest absolute Gasteiger partial charge is 0.227 e. The summed E-state index contributed by atoms with van der Waals surface area (Å²) in [6, 6.07) is 3.96. The first kappa shape index (κ1) is 14.3. The average molecular weight is 305 g/mol. The Morgan fingerprint density at radius 1 is 1.57 bits per heavy atom. The topological polar surface area (TPSA) is 69.2 Å². The molecule has 112 valence electrons. The van der Waals surface area contributed by atoms with Gasteiger partial charge in [0.15, 0.2) is 0 Å². The van der Waals surface area contributed by atoms with Gasteiger partial charge >= 0.3 is 0 Å². The van der Waals surface area contributed by atoms with E-state index < -0.39 is 6.10 Å². The average Bonchev–Trinajstić information content (AvgIpc) is 3.14. The summed E-state index contributed by atoms with van der Waals surface area (Å²) in [6.07, 6.45) is 0.659. The molecule has 2 N–H and O–H groups in total. The third kappa shape index (κ3) is 3.33. The highest BCUT2D eigenvalue weighted by Crippen LogP contribution is 2.22. The fourth-order valence-electron chi connectivity index (χ4n) is 2.79. The molecular weight excluding hydrogens is 286 g/mol. The van der Waals surface area contributed by atoms with E-state index in [4.69, 9.17) is 0 Å². The highest BCUT2D eigenvalue weighted by Gasteiger charge is 2.34. The van der Waals surface area contributed by atoms with Crippen molar-refractivity contribution in [1.29, 1.82) is 0 Å². The fourth-order valence-corrected chi connectivity index (χ4v) is 3.45. The third-order valence-electron chi connectivity index (χ3n) is 3.92. The first-order valence-electron chi connectivity index (χ1n) is 7.09. The van der Waals surface area contributed by atoms with Gasteiger partial charge in [0.05, 0.1) is 18.2 Å². The van der Waals surface area contributed by atoms with Crippen molar-refractivity contribution in [3.05, 3.63) is 39.8 Å². The number of nitrogens with zero attached hydrogens (tertiary/aromatic N) is 2. The lowest BCUT2D eigenvalue weighted by atomic mass is 10.0. The number of aromatic amines is 1. The number of carbonyl (C=O) groups excluding carboxylic acids is 1. The number of rotatable bonds is 4. The lowest BCUT2D eigenvalue weighted by Gasteiger charge is -2.15. The SMILES string of the molecule is Cc1cc(C[C@@H]2CN(C(=O)Cc3ccsc3)C[C@@H]2O)n[nH]1. The molecule has 1 aliphatic heterocycles. The van der Waals surface area contributed by atoms with E-state index in [0.717, 1.165) is 17.0 Å². The molecule has 0 radical (unpaired) electrons. The summed E-state index contributed by atoms with van der Waals surface area (Å²) >= 11 is 1.60. The number of H-pyrrole nitrogens is 1. The summed E-state index contributed by atoms with van der Waals surface area (Å²) in [6.45, 7) is 2.99. The Balaban J connectivity index is 1.58. The van der Waals surface area contributed by atoms with Crippen molar-refractivity contribution in [3.63, 3.8) is 0 Å². The summed E-state index contributed by atoms with van der Waals surface area (Å²) < 4.78 is 0. The molecule has 0 unspecified atom stereocenters. The van der Waals surface area contributed by atoms with Crippen LogP contribution in [0, 0.1) is 12.8 Å². The van der Waals surface area contributed by atoms with Crippen LogP contribution in [0.5, 0.6) is 0 Å². The van der Waals surface area contributed by atoms with E-state index in [2.05, 4.69) is 10.2 Å². The number of amides is 1. The second-order valence-electron chi connectivity index (χ2n) is 5.68. The Labute approximate surface area is 127 Å². The number of aryl methyl sites for hydroxylation is 1. The molecule has 2 aromatic rings. The van der Waals surface area contributed by atoms with Crippen LogP contribution in [0.25, 0.3) is 0 Å². The highest BCUT2D eigenvalue weighted by atomic mass is 32.1. The van der Waals surface area contributed by atoms with Gasteiger partial charge < -0.3 is 10.0 Å². The molecule has 0 saturated carbocycles. The van der Waals surface area contributed by atoms with Gasteiger partial charge in [-0.25, -0.2) is 0 Å². The van der Waals surface area contributed by atoms with Gasteiger partial charge in [-0.1, -0.05) is 0 Å². The summed E-state index contributed by atoms with van der Waals surface area (Å²) in [5.74, 6) is 0.160. The zero-order chi connectivity index (χ0) is 14.8. The van der Waals surface area contributed by atoms with Gasteiger partial charge in [0.1, 0.15) is 0 Å². The number of aliphatic hydroxyl groups is 1. The number of hydrogen-bond donors (Lipinski definition) is 2. The molecule has 0 aromatic carbocycles. The minimum absolute atomic E-state index is 0.0686. The predicted octanol–water partition coefficient (Wildman–Crippen LogP) is 1.38. The molecule has 2 aromatic heterocycles. The van der Waals surface area contributed by atoms with Crippen molar-refractivity contribution in [3.8, 4) is 0 Å². The van der Waals surface area contributed by atoms with E-state index in [-0.39, 0.29) is 11.8 Å². The van der Waals surface area contributed by atoms with Gasteiger partial charge in [-0.05, 0) is 41.8 Å². The number of β-amino-alcohol motifs (C(OH)–C–C–N with tert-alkyl or cyclic N) is 1. The lowest BCUT2D eigenvalue weighted by Crippen LogP contribution is -2.30. The molecule has 5 nitrogen and oxygen atoms in total. The Bertz CT molecular complexity index is 608. The van der Waals surface area contributed by atoms with Crippen molar-refractivity contribution in [1.82, 2.24) is 15.1 Å². The highest BCUT2D eigenvalue weighted by molar-refractivity contribution is 7.07. The number of aliphatic hydroxyl groups excluding tert-OH is 1. The minimum Gasteiger partial charge on any atom is -0.391 e. The van der Waals surface area contributed by atoms with E-state index in [1.807, 2.05) is 29.8 Å². The van der Waals surface area contributed by atoms with E-state index >= 15 is 0 Å². The molecule has 0 bridgehead atoms.